The van der Waals surface area contributed by atoms with E-state index in [0.29, 0.717) is 28.5 Å². The van der Waals surface area contributed by atoms with E-state index in [-0.39, 0.29) is 30.7 Å². The van der Waals surface area contributed by atoms with Gasteiger partial charge in [0.1, 0.15) is 0 Å². The first-order valence-corrected chi connectivity index (χ1v) is 10.5. The van der Waals surface area contributed by atoms with Gasteiger partial charge in [-0.05, 0) is 48.0 Å². The summed E-state index contributed by atoms with van der Waals surface area (Å²) in [4.78, 5) is 43.0. The molecule has 1 saturated heterocycles. The molecule has 0 unspecified atom stereocenters. The Morgan fingerprint density at radius 2 is 1.84 bits per heavy atom. The molecule has 0 aliphatic carbocycles. The standard InChI is InChI=1S/C24H21ClN4O3/c25-19-5-2-6-21(13-19)29-15-18(12-22(29)30)23(31)27-14-16-3-1-4-17(11-16)24(32)28-20-7-9-26-10-8-20/h1-11,13,18H,12,14-15H2,(H,27,31)(H,26,28,32)/t18-/m0/s1. The topological polar surface area (TPSA) is 91.4 Å². The summed E-state index contributed by atoms with van der Waals surface area (Å²) in [6.07, 6.45) is 3.35. The van der Waals surface area contributed by atoms with Crippen LogP contribution in [0.2, 0.25) is 5.02 Å². The fourth-order valence-electron chi connectivity index (χ4n) is 3.57. The Morgan fingerprint density at radius 3 is 2.62 bits per heavy atom. The van der Waals surface area contributed by atoms with E-state index in [2.05, 4.69) is 15.6 Å². The van der Waals surface area contributed by atoms with Crippen LogP contribution in [0.5, 0.6) is 0 Å². The van der Waals surface area contributed by atoms with E-state index < -0.39 is 5.92 Å². The molecule has 4 rings (SSSR count). The van der Waals surface area contributed by atoms with Gasteiger partial charge in [-0.15, -0.1) is 0 Å². The fraction of sp³-hybridized carbons (Fsp3) is 0.167. The van der Waals surface area contributed by atoms with Crippen molar-refractivity contribution >= 4 is 40.7 Å². The van der Waals surface area contributed by atoms with Crippen LogP contribution in [0.3, 0.4) is 0 Å². The number of rotatable bonds is 6. The molecular weight excluding hydrogens is 428 g/mol. The van der Waals surface area contributed by atoms with Gasteiger partial charge in [0.15, 0.2) is 0 Å². The number of anilines is 2. The molecule has 1 aromatic heterocycles. The van der Waals surface area contributed by atoms with Crippen molar-refractivity contribution in [1.29, 1.82) is 0 Å². The molecule has 162 valence electrons. The summed E-state index contributed by atoms with van der Waals surface area (Å²) in [6.45, 7) is 0.566. The Hall–Kier alpha value is -3.71. The van der Waals surface area contributed by atoms with Gasteiger partial charge in [0.25, 0.3) is 5.91 Å². The van der Waals surface area contributed by atoms with Crippen molar-refractivity contribution in [2.75, 3.05) is 16.8 Å². The highest BCUT2D eigenvalue weighted by Gasteiger charge is 2.35. The molecule has 1 fully saturated rings. The quantitative estimate of drug-likeness (QED) is 0.602. The molecule has 8 heteroatoms. The summed E-state index contributed by atoms with van der Waals surface area (Å²) >= 11 is 6.02. The van der Waals surface area contributed by atoms with E-state index in [0.717, 1.165) is 5.56 Å². The number of benzene rings is 2. The van der Waals surface area contributed by atoms with Gasteiger partial charge in [-0.1, -0.05) is 29.8 Å². The fourth-order valence-corrected chi connectivity index (χ4v) is 3.76. The monoisotopic (exact) mass is 448 g/mol. The highest BCUT2D eigenvalue weighted by molar-refractivity contribution is 6.31. The highest BCUT2D eigenvalue weighted by atomic mass is 35.5. The summed E-state index contributed by atoms with van der Waals surface area (Å²) in [7, 11) is 0. The van der Waals surface area contributed by atoms with Crippen LogP contribution >= 0.6 is 11.6 Å². The molecule has 7 nitrogen and oxygen atoms in total. The molecule has 2 N–H and O–H groups in total. The van der Waals surface area contributed by atoms with Crippen LogP contribution in [0.15, 0.2) is 73.1 Å². The molecule has 0 bridgehead atoms. The lowest BCUT2D eigenvalue weighted by Crippen LogP contribution is -2.32. The maximum Gasteiger partial charge on any atom is 0.255 e. The van der Waals surface area contributed by atoms with Gasteiger partial charge in [-0.3, -0.25) is 19.4 Å². The summed E-state index contributed by atoms with van der Waals surface area (Å²) in [5, 5.41) is 6.22. The number of hydrogen-bond acceptors (Lipinski definition) is 4. The zero-order valence-corrected chi connectivity index (χ0v) is 17.9. The third-order valence-electron chi connectivity index (χ3n) is 5.21. The Bertz CT molecular complexity index is 1150. The lowest BCUT2D eigenvalue weighted by Gasteiger charge is -2.17. The van der Waals surface area contributed by atoms with Crippen LogP contribution in [0.1, 0.15) is 22.3 Å². The van der Waals surface area contributed by atoms with Crippen molar-refractivity contribution in [3.05, 3.63) is 89.2 Å². The molecule has 1 aliphatic rings. The van der Waals surface area contributed by atoms with Crippen LogP contribution in [0.4, 0.5) is 11.4 Å². The first kappa shape index (κ1) is 21.5. The molecule has 0 spiro atoms. The van der Waals surface area contributed by atoms with Crippen LogP contribution in [-0.4, -0.2) is 29.3 Å². The smallest absolute Gasteiger partial charge is 0.255 e. The third kappa shape index (κ3) is 5.12. The van der Waals surface area contributed by atoms with Crippen molar-refractivity contribution < 1.29 is 14.4 Å². The van der Waals surface area contributed by atoms with Crippen molar-refractivity contribution in [1.82, 2.24) is 10.3 Å². The van der Waals surface area contributed by atoms with Gasteiger partial charge in [0, 0.05) is 53.9 Å². The van der Waals surface area contributed by atoms with E-state index in [4.69, 9.17) is 11.6 Å². The summed E-state index contributed by atoms with van der Waals surface area (Å²) in [6, 6.07) is 17.5. The molecule has 3 aromatic rings. The van der Waals surface area contributed by atoms with Gasteiger partial charge in [0.2, 0.25) is 11.8 Å². The number of halogens is 1. The van der Waals surface area contributed by atoms with Gasteiger partial charge in [-0.2, -0.15) is 0 Å². The van der Waals surface area contributed by atoms with Gasteiger partial charge < -0.3 is 15.5 Å². The Kier molecular flexibility index (Phi) is 6.47. The average Bonchev–Trinajstić information content (AvgIpc) is 3.20. The van der Waals surface area contributed by atoms with Gasteiger partial charge in [0.05, 0.1) is 5.92 Å². The van der Waals surface area contributed by atoms with Crippen molar-refractivity contribution in [3.63, 3.8) is 0 Å². The largest absolute Gasteiger partial charge is 0.352 e. The summed E-state index contributed by atoms with van der Waals surface area (Å²) in [5.41, 5.74) is 2.61. The highest BCUT2D eigenvalue weighted by Crippen LogP contribution is 2.27. The first-order valence-electron chi connectivity index (χ1n) is 10.1. The Morgan fingerprint density at radius 1 is 1.06 bits per heavy atom. The van der Waals surface area contributed by atoms with Gasteiger partial charge in [-0.25, -0.2) is 0 Å². The van der Waals surface area contributed by atoms with E-state index >= 15 is 0 Å². The summed E-state index contributed by atoms with van der Waals surface area (Å²) in [5.74, 6) is -1.00. The predicted molar refractivity (Wildman–Crippen MR) is 122 cm³/mol. The van der Waals surface area contributed by atoms with Crippen LogP contribution in [0.25, 0.3) is 0 Å². The maximum atomic E-state index is 12.7. The number of carbonyl (C=O) groups excluding carboxylic acids is 3. The number of nitrogens with one attached hydrogen (secondary N) is 2. The molecule has 1 atom stereocenters. The zero-order chi connectivity index (χ0) is 22.5. The lowest BCUT2D eigenvalue weighted by molar-refractivity contribution is -0.126. The van der Waals surface area contributed by atoms with E-state index in [1.165, 1.54) is 0 Å². The van der Waals surface area contributed by atoms with Crippen LogP contribution < -0.4 is 15.5 Å². The molecule has 0 saturated carbocycles. The number of hydrogen-bond donors (Lipinski definition) is 2. The third-order valence-corrected chi connectivity index (χ3v) is 5.44. The molecule has 32 heavy (non-hydrogen) atoms. The molecule has 3 amide bonds. The minimum Gasteiger partial charge on any atom is -0.352 e. The van der Waals surface area contributed by atoms with E-state index in [1.807, 2.05) is 6.07 Å². The normalized spacial score (nSPS) is 15.5. The molecule has 1 aliphatic heterocycles. The Balaban J connectivity index is 1.35. The van der Waals surface area contributed by atoms with E-state index in [9.17, 15) is 14.4 Å². The van der Waals surface area contributed by atoms with Gasteiger partial charge >= 0.3 is 0 Å². The second-order valence-corrected chi connectivity index (χ2v) is 7.93. The van der Waals surface area contributed by atoms with Crippen molar-refractivity contribution in [2.24, 2.45) is 5.92 Å². The van der Waals surface area contributed by atoms with E-state index in [1.54, 1.807) is 71.9 Å². The molecule has 2 heterocycles. The minimum atomic E-state index is -0.445. The number of aromatic nitrogens is 1. The van der Waals surface area contributed by atoms with Crippen molar-refractivity contribution in [2.45, 2.75) is 13.0 Å². The average molecular weight is 449 g/mol. The second-order valence-electron chi connectivity index (χ2n) is 7.49. The summed E-state index contributed by atoms with van der Waals surface area (Å²) < 4.78 is 0. The lowest BCUT2D eigenvalue weighted by atomic mass is 10.1. The molecular formula is C24H21ClN4O3. The van der Waals surface area contributed by atoms with Crippen molar-refractivity contribution in [3.8, 4) is 0 Å². The second kappa shape index (κ2) is 9.62. The number of pyridine rings is 1. The SMILES string of the molecule is O=C(Nc1ccncc1)c1cccc(CNC(=O)[C@H]2CC(=O)N(c3cccc(Cl)c3)C2)c1. The first-order chi connectivity index (χ1) is 15.5. The predicted octanol–water partition coefficient (Wildman–Crippen LogP) is 3.66. The number of nitrogens with zero attached hydrogens (tertiary/aromatic N) is 2. The zero-order valence-electron chi connectivity index (χ0n) is 17.1. The number of carbonyl (C=O) groups is 3. The molecule has 0 radical (unpaired) electrons. The number of amides is 3. The van der Waals surface area contributed by atoms with Crippen LogP contribution in [-0.2, 0) is 16.1 Å². The Labute approximate surface area is 190 Å². The maximum absolute atomic E-state index is 12.7. The minimum absolute atomic E-state index is 0.109. The molecule has 2 aromatic carbocycles. The van der Waals surface area contributed by atoms with Crippen LogP contribution in [0, 0.1) is 5.92 Å².